The number of hydrogen-bond donors (Lipinski definition) is 0. The SMILES string of the molecule is CN(Cc1nn(C)c2cccc(Cl)c12)C[C@@H]1CC(=O)N(C2CCCC2)C1. The number of halogens is 1. The summed E-state index contributed by atoms with van der Waals surface area (Å²) in [7, 11) is 4.07. The van der Waals surface area contributed by atoms with Gasteiger partial charge in [-0.25, -0.2) is 0 Å². The molecule has 0 radical (unpaired) electrons. The van der Waals surface area contributed by atoms with Crippen LogP contribution in [0, 0.1) is 5.92 Å². The first-order valence-corrected chi connectivity index (χ1v) is 9.99. The first-order valence-electron chi connectivity index (χ1n) is 9.61. The highest BCUT2D eigenvalue weighted by atomic mass is 35.5. The monoisotopic (exact) mass is 374 g/mol. The highest BCUT2D eigenvalue weighted by Gasteiger charge is 2.35. The van der Waals surface area contributed by atoms with E-state index in [4.69, 9.17) is 11.6 Å². The molecule has 1 aromatic heterocycles. The van der Waals surface area contributed by atoms with Gasteiger partial charge in [-0.3, -0.25) is 9.48 Å². The van der Waals surface area contributed by atoms with Gasteiger partial charge in [0, 0.05) is 44.5 Å². The van der Waals surface area contributed by atoms with Crippen molar-refractivity contribution < 1.29 is 4.79 Å². The van der Waals surface area contributed by atoms with Gasteiger partial charge >= 0.3 is 0 Å². The van der Waals surface area contributed by atoms with E-state index in [0.29, 0.717) is 24.3 Å². The minimum absolute atomic E-state index is 0.349. The summed E-state index contributed by atoms with van der Waals surface area (Å²) in [4.78, 5) is 16.8. The normalized spacial score (nSPS) is 21.6. The van der Waals surface area contributed by atoms with Crippen LogP contribution in [0.3, 0.4) is 0 Å². The lowest BCUT2D eigenvalue weighted by Crippen LogP contribution is -2.35. The lowest BCUT2D eigenvalue weighted by Gasteiger charge is -2.25. The zero-order valence-electron chi connectivity index (χ0n) is 15.6. The number of rotatable bonds is 5. The Labute approximate surface area is 159 Å². The largest absolute Gasteiger partial charge is 0.339 e. The van der Waals surface area contributed by atoms with Gasteiger partial charge in [-0.15, -0.1) is 0 Å². The van der Waals surface area contributed by atoms with Crippen LogP contribution >= 0.6 is 11.6 Å². The van der Waals surface area contributed by atoms with E-state index in [2.05, 4.69) is 21.9 Å². The Kier molecular flexibility index (Phi) is 4.93. The first kappa shape index (κ1) is 17.8. The molecule has 2 fully saturated rings. The van der Waals surface area contributed by atoms with Gasteiger partial charge < -0.3 is 9.80 Å². The number of nitrogens with zero attached hydrogens (tertiary/aromatic N) is 4. The van der Waals surface area contributed by atoms with Crippen molar-refractivity contribution in [1.29, 1.82) is 0 Å². The van der Waals surface area contributed by atoms with Crippen LogP contribution in [0.2, 0.25) is 5.02 Å². The van der Waals surface area contributed by atoms with Crippen LogP contribution in [0.15, 0.2) is 18.2 Å². The molecule has 1 saturated carbocycles. The van der Waals surface area contributed by atoms with Gasteiger partial charge in [-0.05, 0) is 37.9 Å². The van der Waals surface area contributed by atoms with Crippen molar-refractivity contribution in [2.45, 2.75) is 44.7 Å². The number of hydrogen-bond acceptors (Lipinski definition) is 3. The van der Waals surface area contributed by atoms with Crippen LogP contribution in [0.1, 0.15) is 37.8 Å². The number of carbonyl (C=O) groups excluding carboxylic acids is 1. The van der Waals surface area contributed by atoms with Crippen LogP contribution in [-0.2, 0) is 18.4 Å². The molecule has 26 heavy (non-hydrogen) atoms. The summed E-state index contributed by atoms with van der Waals surface area (Å²) in [5, 5.41) is 6.46. The van der Waals surface area contributed by atoms with Gasteiger partial charge in [0.05, 0.1) is 16.2 Å². The Balaban J connectivity index is 1.42. The Morgan fingerprint density at radius 3 is 2.85 bits per heavy atom. The number of fused-ring (bicyclic) bond motifs is 1. The maximum absolute atomic E-state index is 12.4. The maximum Gasteiger partial charge on any atom is 0.223 e. The van der Waals surface area contributed by atoms with Crippen molar-refractivity contribution >= 4 is 28.4 Å². The minimum Gasteiger partial charge on any atom is -0.339 e. The standard InChI is InChI=1S/C20H27ClN4O/c1-23(11-14-10-19(26)25(12-14)15-6-3-4-7-15)13-17-20-16(21)8-5-9-18(20)24(2)22-17/h5,8-9,14-15H,3-4,6-7,10-13H2,1-2H3/t14-/m0/s1. The molecule has 0 spiro atoms. The molecule has 2 heterocycles. The molecule has 0 bridgehead atoms. The lowest BCUT2D eigenvalue weighted by atomic mass is 10.1. The molecule has 2 aliphatic rings. The predicted molar refractivity (Wildman–Crippen MR) is 104 cm³/mol. The van der Waals surface area contributed by atoms with Gasteiger partial charge in [0.1, 0.15) is 0 Å². The minimum atomic E-state index is 0.349. The van der Waals surface area contributed by atoms with Crippen molar-refractivity contribution in [3.8, 4) is 0 Å². The third-order valence-corrected chi connectivity index (χ3v) is 6.21. The summed E-state index contributed by atoms with van der Waals surface area (Å²) < 4.78 is 1.89. The lowest BCUT2D eigenvalue weighted by molar-refractivity contribution is -0.129. The molecule has 1 aliphatic carbocycles. The fourth-order valence-electron chi connectivity index (χ4n) is 4.72. The predicted octanol–water partition coefficient (Wildman–Crippen LogP) is 3.45. The van der Waals surface area contributed by atoms with Gasteiger partial charge in [-0.2, -0.15) is 5.10 Å². The van der Waals surface area contributed by atoms with E-state index in [1.165, 1.54) is 25.7 Å². The molecular formula is C20H27ClN4O. The molecule has 1 saturated heterocycles. The highest BCUT2D eigenvalue weighted by Crippen LogP contribution is 2.30. The Morgan fingerprint density at radius 2 is 2.08 bits per heavy atom. The number of aryl methyl sites for hydroxylation is 1. The summed E-state index contributed by atoms with van der Waals surface area (Å²) in [6, 6.07) is 6.43. The number of likely N-dealkylation sites (tertiary alicyclic amines) is 1. The summed E-state index contributed by atoms with van der Waals surface area (Å²) in [5.41, 5.74) is 2.07. The molecule has 1 atom stereocenters. The second kappa shape index (κ2) is 7.20. The van der Waals surface area contributed by atoms with Gasteiger partial charge in [0.2, 0.25) is 5.91 Å². The van der Waals surface area contributed by atoms with E-state index in [9.17, 15) is 4.79 Å². The first-order chi connectivity index (χ1) is 12.5. The van der Waals surface area contributed by atoms with Gasteiger partial charge in [0.25, 0.3) is 0 Å². The molecule has 140 valence electrons. The van der Waals surface area contributed by atoms with E-state index in [1.807, 2.05) is 29.9 Å². The molecule has 1 amide bonds. The fourth-order valence-corrected chi connectivity index (χ4v) is 5.00. The average molecular weight is 375 g/mol. The summed E-state index contributed by atoms with van der Waals surface area (Å²) in [5.74, 6) is 0.764. The average Bonchev–Trinajstić information content (AvgIpc) is 3.29. The molecule has 1 aromatic carbocycles. The van der Waals surface area contributed by atoms with Crippen LogP contribution < -0.4 is 0 Å². The van der Waals surface area contributed by atoms with Crippen molar-refractivity contribution in [3.63, 3.8) is 0 Å². The smallest absolute Gasteiger partial charge is 0.223 e. The number of aromatic nitrogens is 2. The Bertz CT molecular complexity index is 811. The van der Waals surface area contributed by atoms with Crippen LogP contribution in [0.5, 0.6) is 0 Å². The topological polar surface area (TPSA) is 41.4 Å². The van der Waals surface area contributed by atoms with Crippen LogP contribution in [0.25, 0.3) is 10.9 Å². The molecule has 0 unspecified atom stereocenters. The molecule has 5 nitrogen and oxygen atoms in total. The molecule has 6 heteroatoms. The van der Waals surface area contributed by atoms with E-state index < -0.39 is 0 Å². The van der Waals surface area contributed by atoms with Gasteiger partial charge in [-0.1, -0.05) is 30.5 Å². The van der Waals surface area contributed by atoms with Crippen molar-refractivity contribution in [2.24, 2.45) is 13.0 Å². The second-order valence-electron chi connectivity index (χ2n) is 7.96. The van der Waals surface area contributed by atoms with E-state index in [0.717, 1.165) is 41.3 Å². The Morgan fingerprint density at radius 1 is 1.31 bits per heavy atom. The van der Waals surface area contributed by atoms with Crippen molar-refractivity contribution in [2.75, 3.05) is 20.1 Å². The maximum atomic E-state index is 12.4. The third-order valence-electron chi connectivity index (χ3n) is 5.89. The Hall–Kier alpha value is -1.59. The second-order valence-corrected chi connectivity index (χ2v) is 8.36. The molecule has 0 N–H and O–H groups in total. The van der Waals surface area contributed by atoms with E-state index in [-0.39, 0.29) is 0 Å². The number of carbonyl (C=O) groups is 1. The van der Waals surface area contributed by atoms with Crippen molar-refractivity contribution in [1.82, 2.24) is 19.6 Å². The zero-order chi connectivity index (χ0) is 18.3. The summed E-state index contributed by atoms with van der Waals surface area (Å²) >= 11 is 6.42. The van der Waals surface area contributed by atoms with E-state index >= 15 is 0 Å². The summed E-state index contributed by atoms with van der Waals surface area (Å²) in [6.45, 7) is 2.57. The quantitative estimate of drug-likeness (QED) is 0.804. The molecule has 2 aromatic rings. The van der Waals surface area contributed by atoms with Crippen LogP contribution in [-0.4, -0.2) is 51.7 Å². The number of amides is 1. The summed E-state index contributed by atoms with van der Waals surface area (Å²) in [6.07, 6.45) is 5.60. The molecule has 1 aliphatic heterocycles. The zero-order valence-corrected chi connectivity index (χ0v) is 16.4. The molecular weight excluding hydrogens is 348 g/mol. The van der Waals surface area contributed by atoms with Gasteiger partial charge in [0.15, 0.2) is 0 Å². The fraction of sp³-hybridized carbons (Fsp3) is 0.600. The van der Waals surface area contributed by atoms with Crippen LogP contribution in [0.4, 0.5) is 0 Å². The van der Waals surface area contributed by atoms with E-state index in [1.54, 1.807) is 0 Å². The third kappa shape index (κ3) is 3.35. The number of benzene rings is 1. The van der Waals surface area contributed by atoms with Crippen molar-refractivity contribution in [3.05, 3.63) is 28.9 Å². The highest BCUT2D eigenvalue weighted by molar-refractivity contribution is 6.35. The molecule has 4 rings (SSSR count).